The molecule has 6 heteroatoms. The normalized spacial score (nSPS) is 14.5. The van der Waals surface area contributed by atoms with Crippen LogP contribution in [0.2, 0.25) is 0 Å². The van der Waals surface area contributed by atoms with Gasteiger partial charge in [0.2, 0.25) is 5.91 Å². The van der Waals surface area contributed by atoms with E-state index in [1.165, 1.54) is 15.7 Å². The van der Waals surface area contributed by atoms with Crippen molar-refractivity contribution in [2.45, 2.75) is 32.1 Å². The molecule has 4 aromatic carbocycles. The predicted molar refractivity (Wildman–Crippen MR) is 161 cm³/mol. The summed E-state index contributed by atoms with van der Waals surface area (Å²) in [5.41, 5.74) is 4.41. The van der Waals surface area contributed by atoms with Crippen LogP contribution in [-0.2, 0) is 20.8 Å². The Morgan fingerprint density at radius 3 is 2.20 bits per heavy atom. The lowest BCUT2D eigenvalue weighted by atomic mass is 9.79. The Balaban J connectivity index is 1.44. The maximum atomic E-state index is 12.9. The number of fused-ring (bicyclic) bond motifs is 1. The quantitative estimate of drug-likeness (QED) is 0.274. The number of amides is 2. The Hall–Kier alpha value is -4.45. The zero-order valence-corrected chi connectivity index (χ0v) is 23.4. The summed E-state index contributed by atoms with van der Waals surface area (Å²) < 4.78 is 0. The number of carbonyl (C=O) groups excluding carboxylic acids is 2. The highest BCUT2D eigenvalue weighted by Gasteiger charge is 2.32. The van der Waals surface area contributed by atoms with Crippen LogP contribution < -0.4 is 0 Å². The van der Waals surface area contributed by atoms with Crippen molar-refractivity contribution < 1.29 is 19.5 Å². The molecule has 1 aliphatic rings. The highest BCUT2D eigenvalue weighted by atomic mass is 16.4. The van der Waals surface area contributed by atoms with Gasteiger partial charge in [-0.2, -0.15) is 0 Å². The van der Waals surface area contributed by atoms with E-state index in [-0.39, 0.29) is 17.7 Å². The number of piperidine rings is 1. The Bertz CT molecular complexity index is 1500. The molecule has 210 valence electrons. The van der Waals surface area contributed by atoms with Crippen LogP contribution in [0.15, 0.2) is 97.1 Å². The largest absolute Gasteiger partial charge is 0.474 e. The van der Waals surface area contributed by atoms with Crippen molar-refractivity contribution in [3.8, 4) is 11.1 Å². The monoisotopic (exact) mass is 548 g/mol. The van der Waals surface area contributed by atoms with E-state index in [0.29, 0.717) is 32.6 Å². The molecule has 5 rings (SSSR count). The van der Waals surface area contributed by atoms with Crippen molar-refractivity contribution in [2.24, 2.45) is 5.92 Å². The highest BCUT2D eigenvalue weighted by molar-refractivity contribution is 6.31. The summed E-state index contributed by atoms with van der Waals surface area (Å²) >= 11 is 0. The number of carboxylic acid groups (broad SMARTS) is 1. The van der Waals surface area contributed by atoms with Gasteiger partial charge < -0.3 is 14.9 Å². The average molecular weight is 549 g/mol. The SMILES string of the molecule is CC(=O)N1CCC(C(CN(CCc2ccccc2)C(=O)C(=O)O)c2ccc(-c3cccc4ccccc34)cc2)CC1. The van der Waals surface area contributed by atoms with Crippen LogP contribution >= 0.6 is 0 Å². The van der Waals surface area contributed by atoms with Crippen LogP contribution in [0.4, 0.5) is 0 Å². The van der Waals surface area contributed by atoms with Crippen LogP contribution in [-0.4, -0.2) is 58.9 Å². The standard InChI is InChI=1S/C35H36N2O4/c1-25(38)36-22-19-30(20-23-36)33(24-37(34(39)35(40)41)21-18-26-8-3-2-4-9-26)29-16-14-28(15-17-29)32-13-7-11-27-10-5-6-12-31(27)32/h2-17,30,33H,18-24H2,1H3,(H,40,41). The van der Waals surface area contributed by atoms with Gasteiger partial charge in [0.15, 0.2) is 0 Å². The molecule has 0 aromatic heterocycles. The van der Waals surface area contributed by atoms with Crippen molar-refractivity contribution in [2.75, 3.05) is 26.2 Å². The van der Waals surface area contributed by atoms with E-state index >= 15 is 0 Å². The maximum Gasteiger partial charge on any atom is 0.394 e. The summed E-state index contributed by atoms with van der Waals surface area (Å²) in [6, 6.07) is 33.0. The molecule has 1 heterocycles. The van der Waals surface area contributed by atoms with Gasteiger partial charge in [-0.05, 0) is 58.2 Å². The third kappa shape index (κ3) is 6.65. The molecule has 1 unspecified atom stereocenters. The summed E-state index contributed by atoms with van der Waals surface area (Å²) in [6.45, 7) is 3.58. The average Bonchev–Trinajstić information content (AvgIpc) is 3.01. The highest BCUT2D eigenvalue weighted by Crippen LogP contribution is 2.36. The molecule has 1 aliphatic heterocycles. The van der Waals surface area contributed by atoms with E-state index < -0.39 is 11.9 Å². The third-order valence-corrected chi connectivity index (χ3v) is 8.39. The second-order valence-corrected chi connectivity index (χ2v) is 10.9. The molecular weight excluding hydrogens is 512 g/mol. The smallest absolute Gasteiger partial charge is 0.394 e. The van der Waals surface area contributed by atoms with Crippen molar-refractivity contribution in [3.63, 3.8) is 0 Å². The molecule has 0 spiro atoms. The molecule has 6 nitrogen and oxygen atoms in total. The van der Waals surface area contributed by atoms with E-state index in [0.717, 1.165) is 35.1 Å². The summed E-state index contributed by atoms with van der Waals surface area (Å²) in [5.74, 6) is -2.07. The number of carbonyl (C=O) groups is 3. The predicted octanol–water partition coefficient (Wildman–Crippen LogP) is 6.00. The van der Waals surface area contributed by atoms with Gasteiger partial charge in [-0.25, -0.2) is 4.79 Å². The number of likely N-dealkylation sites (tertiary alicyclic amines) is 1. The number of hydrogen-bond donors (Lipinski definition) is 1. The van der Waals surface area contributed by atoms with E-state index in [1.807, 2.05) is 47.4 Å². The van der Waals surface area contributed by atoms with Crippen LogP contribution in [0.5, 0.6) is 0 Å². The van der Waals surface area contributed by atoms with Gasteiger partial charge in [-0.1, -0.05) is 97.1 Å². The summed E-state index contributed by atoms with van der Waals surface area (Å²) in [5, 5.41) is 12.0. The second-order valence-electron chi connectivity index (χ2n) is 10.9. The topological polar surface area (TPSA) is 77.9 Å². The molecule has 1 N–H and O–H groups in total. The zero-order chi connectivity index (χ0) is 28.8. The molecule has 41 heavy (non-hydrogen) atoms. The summed E-state index contributed by atoms with van der Waals surface area (Å²) in [4.78, 5) is 40.1. The van der Waals surface area contributed by atoms with Crippen molar-refractivity contribution in [1.29, 1.82) is 0 Å². The molecule has 0 saturated carbocycles. The number of aliphatic carboxylic acids is 1. The van der Waals surface area contributed by atoms with Gasteiger partial charge in [-0.3, -0.25) is 9.59 Å². The molecule has 0 bridgehead atoms. The Labute approximate surface area is 241 Å². The number of nitrogens with zero attached hydrogens (tertiary/aromatic N) is 2. The van der Waals surface area contributed by atoms with E-state index in [2.05, 4.69) is 54.6 Å². The van der Waals surface area contributed by atoms with Gasteiger partial charge >= 0.3 is 11.9 Å². The molecule has 0 aliphatic carbocycles. The summed E-state index contributed by atoms with van der Waals surface area (Å²) in [7, 11) is 0. The Morgan fingerprint density at radius 2 is 1.51 bits per heavy atom. The Morgan fingerprint density at radius 1 is 0.854 bits per heavy atom. The van der Waals surface area contributed by atoms with Gasteiger partial charge in [0, 0.05) is 39.0 Å². The fourth-order valence-electron chi connectivity index (χ4n) is 6.09. The summed E-state index contributed by atoms with van der Waals surface area (Å²) in [6.07, 6.45) is 2.20. The third-order valence-electron chi connectivity index (χ3n) is 8.39. The minimum Gasteiger partial charge on any atom is -0.474 e. The Kier molecular flexibility index (Phi) is 8.78. The second kappa shape index (κ2) is 12.8. The van der Waals surface area contributed by atoms with Crippen LogP contribution in [0.3, 0.4) is 0 Å². The minimum absolute atomic E-state index is 0.0512. The first-order valence-electron chi connectivity index (χ1n) is 14.3. The first-order chi connectivity index (χ1) is 19.9. The lowest BCUT2D eigenvalue weighted by Gasteiger charge is -2.38. The molecule has 0 radical (unpaired) electrons. The number of rotatable bonds is 8. The van der Waals surface area contributed by atoms with E-state index in [4.69, 9.17) is 0 Å². The first-order valence-corrected chi connectivity index (χ1v) is 14.3. The van der Waals surface area contributed by atoms with Crippen molar-refractivity contribution >= 4 is 28.6 Å². The van der Waals surface area contributed by atoms with Gasteiger partial charge in [-0.15, -0.1) is 0 Å². The van der Waals surface area contributed by atoms with Crippen LogP contribution in [0.1, 0.15) is 36.8 Å². The fourth-order valence-corrected chi connectivity index (χ4v) is 6.09. The van der Waals surface area contributed by atoms with Crippen molar-refractivity contribution in [3.05, 3.63) is 108 Å². The number of hydrogen-bond acceptors (Lipinski definition) is 3. The van der Waals surface area contributed by atoms with Crippen LogP contribution in [0, 0.1) is 5.92 Å². The van der Waals surface area contributed by atoms with Gasteiger partial charge in [0.05, 0.1) is 0 Å². The molecule has 4 aromatic rings. The first kappa shape index (κ1) is 28.1. The van der Waals surface area contributed by atoms with Gasteiger partial charge in [0.25, 0.3) is 0 Å². The minimum atomic E-state index is -1.44. The molecule has 2 amide bonds. The van der Waals surface area contributed by atoms with E-state index in [1.54, 1.807) is 6.92 Å². The van der Waals surface area contributed by atoms with E-state index in [9.17, 15) is 19.5 Å². The number of carboxylic acids is 1. The van der Waals surface area contributed by atoms with Crippen LogP contribution in [0.25, 0.3) is 21.9 Å². The zero-order valence-electron chi connectivity index (χ0n) is 23.4. The van der Waals surface area contributed by atoms with Crippen molar-refractivity contribution in [1.82, 2.24) is 9.80 Å². The molecule has 1 fully saturated rings. The van der Waals surface area contributed by atoms with Gasteiger partial charge in [0.1, 0.15) is 0 Å². The molecular formula is C35H36N2O4. The number of benzene rings is 4. The molecule has 1 saturated heterocycles. The fraction of sp³-hybridized carbons (Fsp3) is 0.286. The lowest BCUT2D eigenvalue weighted by molar-refractivity contribution is -0.156. The molecule has 1 atom stereocenters. The maximum absolute atomic E-state index is 12.9. The lowest BCUT2D eigenvalue weighted by Crippen LogP contribution is -2.44.